The molecule has 0 aliphatic carbocycles. The fraction of sp³-hybridized carbons (Fsp3) is 0.500. The van der Waals surface area contributed by atoms with Crippen molar-refractivity contribution in [3.05, 3.63) is 18.1 Å². The Morgan fingerprint density at radius 2 is 1.80 bits per heavy atom. The largest absolute Gasteiger partial charge is 0.472 e. The van der Waals surface area contributed by atoms with Gasteiger partial charge in [-0.05, 0) is 17.7 Å². The Balaban J connectivity index is 3.05. The number of hydrogen-bond acceptors (Lipinski definition) is 1. The molecule has 2 heteroatoms. The maximum absolute atomic E-state index is 5.11. The minimum Gasteiger partial charge on any atom is -0.472 e. The van der Waals surface area contributed by atoms with E-state index in [-0.39, 0.29) is 0 Å². The van der Waals surface area contributed by atoms with E-state index in [1.807, 2.05) is 12.5 Å². The van der Waals surface area contributed by atoms with Gasteiger partial charge < -0.3 is 4.42 Å². The highest BCUT2D eigenvalue weighted by molar-refractivity contribution is 6.88. The van der Waals surface area contributed by atoms with E-state index in [2.05, 4.69) is 26.6 Å². The van der Waals surface area contributed by atoms with Crippen molar-refractivity contribution in [3.8, 4) is 0 Å². The molecule has 0 bridgehead atoms. The van der Waals surface area contributed by atoms with Crippen LogP contribution < -0.4 is 5.19 Å². The van der Waals surface area contributed by atoms with Gasteiger partial charge in [-0.2, -0.15) is 0 Å². The van der Waals surface area contributed by atoms with E-state index in [1.54, 1.807) is 0 Å². The third kappa shape index (κ3) is 1.32. The molecule has 0 radical (unpaired) electrons. The van der Waals surface area contributed by atoms with Crippen LogP contribution >= 0.6 is 0 Å². The molecule has 0 fully saturated rings. The van der Waals surface area contributed by atoms with Gasteiger partial charge in [0, 0.05) is 0 Å². The van der Waals surface area contributed by atoms with E-state index < -0.39 is 8.07 Å². The molecule has 0 saturated heterocycles. The van der Waals surface area contributed by atoms with Crippen molar-refractivity contribution in [1.82, 2.24) is 0 Å². The molecule has 0 aliphatic heterocycles. The van der Waals surface area contributed by atoms with Crippen molar-refractivity contribution < 1.29 is 4.42 Å². The Bertz CT molecular complexity index is 219. The topological polar surface area (TPSA) is 13.1 Å². The number of rotatable bonds is 1. The van der Waals surface area contributed by atoms with E-state index in [9.17, 15) is 0 Å². The van der Waals surface area contributed by atoms with Crippen LogP contribution in [0.4, 0.5) is 0 Å². The molecule has 0 unspecified atom stereocenters. The van der Waals surface area contributed by atoms with Gasteiger partial charge in [0.15, 0.2) is 0 Å². The Labute approximate surface area is 63.1 Å². The average Bonchev–Trinajstić information content (AvgIpc) is 2.11. The van der Waals surface area contributed by atoms with Crippen molar-refractivity contribution >= 4 is 13.3 Å². The molecule has 1 rings (SSSR count). The predicted molar refractivity (Wildman–Crippen MR) is 46.4 cm³/mol. The molecule has 1 nitrogen and oxygen atoms in total. The van der Waals surface area contributed by atoms with Crippen LogP contribution in [0.2, 0.25) is 19.6 Å². The average molecular weight is 154 g/mol. The zero-order valence-electron chi connectivity index (χ0n) is 7.06. The lowest BCUT2D eigenvalue weighted by Gasteiger charge is -2.13. The summed E-state index contributed by atoms with van der Waals surface area (Å²) >= 11 is 0. The van der Waals surface area contributed by atoms with Crippen LogP contribution in [0.15, 0.2) is 16.9 Å². The highest BCUT2D eigenvalue weighted by Gasteiger charge is 2.19. The van der Waals surface area contributed by atoms with Crippen LogP contribution in [0, 0.1) is 6.92 Å². The van der Waals surface area contributed by atoms with E-state index in [0.29, 0.717) is 0 Å². The molecular weight excluding hydrogens is 140 g/mol. The van der Waals surface area contributed by atoms with Crippen LogP contribution in [-0.4, -0.2) is 8.07 Å². The normalized spacial score (nSPS) is 12.0. The van der Waals surface area contributed by atoms with Crippen LogP contribution in [-0.2, 0) is 0 Å². The first-order chi connectivity index (χ1) is 4.52. The van der Waals surface area contributed by atoms with E-state index in [1.165, 1.54) is 10.8 Å². The third-order valence-corrected chi connectivity index (χ3v) is 3.79. The van der Waals surface area contributed by atoms with Gasteiger partial charge in [-0.1, -0.05) is 19.6 Å². The fourth-order valence-corrected chi connectivity index (χ4v) is 2.79. The molecule has 0 aromatic carbocycles. The van der Waals surface area contributed by atoms with Crippen molar-refractivity contribution in [1.29, 1.82) is 0 Å². The van der Waals surface area contributed by atoms with Gasteiger partial charge in [0.05, 0.1) is 20.6 Å². The molecule has 1 aromatic rings. The van der Waals surface area contributed by atoms with Gasteiger partial charge in [0.2, 0.25) is 0 Å². The molecule has 0 aliphatic rings. The highest BCUT2D eigenvalue weighted by atomic mass is 28.3. The second-order valence-electron chi connectivity index (χ2n) is 3.72. The fourth-order valence-electron chi connectivity index (χ4n) is 1.13. The smallest absolute Gasteiger partial charge is 0.0930 e. The lowest BCUT2D eigenvalue weighted by Crippen LogP contribution is -2.37. The molecule has 10 heavy (non-hydrogen) atoms. The quantitative estimate of drug-likeness (QED) is 0.565. The second kappa shape index (κ2) is 2.27. The third-order valence-electron chi connectivity index (χ3n) is 1.66. The summed E-state index contributed by atoms with van der Waals surface area (Å²) in [5, 5.41) is 1.44. The summed E-state index contributed by atoms with van der Waals surface area (Å²) < 4.78 is 5.11. The summed E-state index contributed by atoms with van der Waals surface area (Å²) in [4.78, 5) is 0. The maximum atomic E-state index is 5.11. The second-order valence-corrected chi connectivity index (χ2v) is 8.76. The number of furan rings is 1. The Kier molecular flexibility index (Phi) is 1.73. The van der Waals surface area contributed by atoms with Crippen molar-refractivity contribution in [2.45, 2.75) is 26.6 Å². The van der Waals surface area contributed by atoms with E-state index in [0.717, 1.165) is 0 Å². The molecule has 0 spiro atoms. The SMILES string of the molecule is Cc1cocc1[Si](C)(C)C. The molecule has 0 saturated carbocycles. The molecule has 0 atom stereocenters. The zero-order valence-corrected chi connectivity index (χ0v) is 8.06. The number of aryl methyl sites for hydroxylation is 1. The summed E-state index contributed by atoms with van der Waals surface area (Å²) in [7, 11) is -1.12. The van der Waals surface area contributed by atoms with Crippen LogP contribution in [0.5, 0.6) is 0 Å². The van der Waals surface area contributed by atoms with Crippen LogP contribution in [0.1, 0.15) is 5.56 Å². The Hall–Kier alpha value is -0.503. The minimum absolute atomic E-state index is 1.12. The Morgan fingerprint density at radius 3 is 2.00 bits per heavy atom. The van der Waals surface area contributed by atoms with Gasteiger partial charge in [0.1, 0.15) is 0 Å². The maximum Gasteiger partial charge on any atom is 0.0930 e. The van der Waals surface area contributed by atoms with Gasteiger partial charge in [-0.3, -0.25) is 0 Å². The standard InChI is InChI=1S/C8H14OSi/c1-7-5-9-6-8(7)10(2,3)4/h5-6H,1-4H3. The molecular formula is C8H14OSi. The Morgan fingerprint density at radius 1 is 1.20 bits per heavy atom. The molecule has 1 aromatic heterocycles. The molecule has 1 heterocycles. The first-order valence-electron chi connectivity index (χ1n) is 3.55. The summed E-state index contributed by atoms with van der Waals surface area (Å²) in [6, 6.07) is 0. The molecule has 0 N–H and O–H groups in total. The molecule has 0 amide bonds. The lowest BCUT2D eigenvalue weighted by molar-refractivity contribution is 0.567. The van der Waals surface area contributed by atoms with Gasteiger partial charge in [-0.15, -0.1) is 0 Å². The van der Waals surface area contributed by atoms with Gasteiger partial charge in [-0.25, -0.2) is 0 Å². The van der Waals surface area contributed by atoms with Crippen LogP contribution in [0.3, 0.4) is 0 Å². The minimum atomic E-state index is -1.12. The van der Waals surface area contributed by atoms with Gasteiger partial charge >= 0.3 is 0 Å². The monoisotopic (exact) mass is 154 g/mol. The van der Waals surface area contributed by atoms with Crippen LogP contribution in [0.25, 0.3) is 0 Å². The van der Waals surface area contributed by atoms with Crippen molar-refractivity contribution in [2.75, 3.05) is 0 Å². The lowest BCUT2D eigenvalue weighted by atomic mass is 10.4. The van der Waals surface area contributed by atoms with Crippen molar-refractivity contribution in [2.24, 2.45) is 0 Å². The first kappa shape index (κ1) is 7.60. The number of hydrogen-bond donors (Lipinski definition) is 0. The van der Waals surface area contributed by atoms with E-state index >= 15 is 0 Å². The zero-order chi connectivity index (χ0) is 7.78. The summed E-state index contributed by atoms with van der Waals surface area (Å²) in [6.07, 6.45) is 3.72. The summed E-state index contributed by atoms with van der Waals surface area (Å²) in [5.74, 6) is 0. The predicted octanol–water partition coefficient (Wildman–Crippen LogP) is 2.13. The summed E-state index contributed by atoms with van der Waals surface area (Å²) in [6.45, 7) is 9.08. The van der Waals surface area contributed by atoms with Crippen molar-refractivity contribution in [3.63, 3.8) is 0 Å². The van der Waals surface area contributed by atoms with Gasteiger partial charge in [0.25, 0.3) is 0 Å². The first-order valence-corrected chi connectivity index (χ1v) is 7.05. The highest BCUT2D eigenvalue weighted by Crippen LogP contribution is 2.06. The summed E-state index contributed by atoms with van der Waals surface area (Å²) in [5.41, 5.74) is 1.30. The molecule has 56 valence electrons. The van der Waals surface area contributed by atoms with E-state index in [4.69, 9.17) is 4.42 Å².